The van der Waals surface area contributed by atoms with E-state index >= 15 is 0 Å². The van der Waals surface area contributed by atoms with Gasteiger partial charge < -0.3 is 29.4 Å². The quantitative estimate of drug-likeness (QED) is 0.253. The molecule has 0 aliphatic heterocycles. The van der Waals surface area contributed by atoms with Gasteiger partial charge in [0.05, 0.1) is 26.9 Å². The first-order valence-electron chi connectivity index (χ1n) is 10.6. The Bertz CT molecular complexity index is 1100. The molecule has 0 amide bonds. The topological polar surface area (TPSA) is 81.2 Å². The fraction of sp³-hybridized carbons (Fsp3) is 0.375. The van der Waals surface area contributed by atoms with E-state index in [0.717, 1.165) is 6.08 Å². The Morgan fingerprint density at radius 1 is 1.00 bits per heavy atom. The number of methoxy groups -OCH3 is 3. The minimum atomic E-state index is -4.65. The zero-order chi connectivity index (χ0) is 26.4. The van der Waals surface area contributed by atoms with E-state index in [4.69, 9.17) is 14.2 Å². The Hall–Kier alpha value is -3.13. The maximum absolute atomic E-state index is 13.8. The Labute approximate surface area is 203 Å². The fourth-order valence-corrected chi connectivity index (χ4v) is 4.14. The van der Waals surface area contributed by atoms with Crippen LogP contribution in [0.25, 0.3) is 0 Å². The van der Waals surface area contributed by atoms with Crippen molar-refractivity contribution >= 4 is 29.7 Å². The van der Waals surface area contributed by atoms with Crippen LogP contribution in [0, 0.1) is 0 Å². The molecule has 2 aromatic carbocycles. The lowest BCUT2D eigenvalue weighted by molar-refractivity contribution is -0.0861. The number of hydrogen-bond acceptors (Lipinski definition) is 6. The summed E-state index contributed by atoms with van der Waals surface area (Å²) < 4.78 is 69.5. The summed E-state index contributed by atoms with van der Waals surface area (Å²) in [7, 11) is 1.84. The van der Waals surface area contributed by atoms with E-state index in [9.17, 15) is 17.7 Å². The molecule has 11 heteroatoms. The average molecular weight is 513 g/mol. The summed E-state index contributed by atoms with van der Waals surface area (Å²) in [5.74, 6) is 0.470. The predicted molar refractivity (Wildman–Crippen MR) is 136 cm³/mol. The van der Waals surface area contributed by atoms with Gasteiger partial charge in [0.15, 0.2) is 11.5 Å². The van der Waals surface area contributed by atoms with Gasteiger partial charge in [-0.2, -0.15) is 13.2 Å². The van der Waals surface area contributed by atoms with Crippen LogP contribution >= 0.6 is 7.14 Å². The van der Waals surface area contributed by atoms with Crippen molar-refractivity contribution in [2.75, 3.05) is 45.3 Å². The number of benzene rings is 2. The summed E-state index contributed by atoms with van der Waals surface area (Å²) in [6, 6.07) is 9.86. The van der Waals surface area contributed by atoms with E-state index < -0.39 is 30.9 Å². The van der Waals surface area contributed by atoms with Crippen LogP contribution in [0.1, 0.15) is 13.8 Å². The van der Waals surface area contributed by atoms with Crippen LogP contribution < -0.4 is 30.1 Å². The molecule has 35 heavy (non-hydrogen) atoms. The molecule has 1 unspecified atom stereocenters. The van der Waals surface area contributed by atoms with Gasteiger partial charge in [-0.05, 0) is 51.4 Å². The first-order valence-corrected chi connectivity index (χ1v) is 13.2. The first kappa shape index (κ1) is 28.1. The highest BCUT2D eigenvalue weighted by Crippen LogP contribution is 2.40. The number of anilines is 2. The molecule has 0 aromatic heterocycles. The summed E-state index contributed by atoms with van der Waals surface area (Å²) in [4.78, 5) is 4.27. The van der Waals surface area contributed by atoms with Gasteiger partial charge in [-0.3, -0.25) is 0 Å². The third-order valence-corrected chi connectivity index (χ3v) is 6.51. The standard InChI is InChI=1S/C24H31F3N3O4P/c1-8-19(24(25,26)27)23(30-17-13-20(32-3)22(34-5)21(14-17)33-4)29-15(2)28-16-9-11-18(12-10-16)35(6,7)31/h8-15,28H,1-7H3,(H,29,30)/b19-8+. The number of allylic oxidation sites excluding steroid dienone is 1. The molecular formula is C24H31F3N3O4P. The van der Waals surface area contributed by atoms with Crippen molar-refractivity contribution in [1.29, 1.82) is 0 Å². The van der Waals surface area contributed by atoms with Gasteiger partial charge in [-0.1, -0.05) is 6.08 Å². The second-order valence-corrected chi connectivity index (χ2v) is 11.2. The van der Waals surface area contributed by atoms with Gasteiger partial charge >= 0.3 is 6.18 Å². The van der Waals surface area contributed by atoms with Gasteiger partial charge in [0, 0.05) is 28.8 Å². The molecule has 0 fully saturated rings. The number of halogens is 3. The van der Waals surface area contributed by atoms with Gasteiger partial charge in [-0.15, -0.1) is 0 Å². The van der Waals surface area contributed by atoms with Gasteiger partial charge in [0.1, 0.15) is 19.1 Å². The smallest absolute Gasteiger partial charge is 0.419 e. The minimum absolute atomic E-state index is 0.264. The van der Waals surface area contributed by atoms with Crippen molar-refractivity contribution in [2.45, 2.75) is 26.2 Å². The molecule has 2 rings (SSSR count). The fourth-order valence-electron chi connectivity index (χ4n) is 3.28. The van der Waals surface area contributed by atoms with E-state index in [1.807, 2.05) is 0 Å². The molecule has 0 saturated carbocycles. The van der Waals surface area contributed by atoms with Crippen LogP contribution in [0.3, 0.4) is 0 Å². The molecule has 0 radical (unpaired) electrons. The van der Waals surface area contributed by atoms with E-state index in [1.54, 1.807) is 44.5 Å². The van der Waals surface area contributed by atoms with Gasteiger partial charge in [-0.25, -0.2) is 4.99 Å². The molecule has 2 N–H and O–H groups in total. The predicted octanol–water partition coefficient (Wildman–Crippen LogP) is 5.74. The minimum Gasteiger partial charge on any atom is -0.493 e. The molecule has 0 heterocycles. The lowest BCUT2D eigenvalue weighted by atomic mass is 10.2. The highest BCUT2D eigenvalue weighted by atomic mass is 31.2. The molecule has 7 nitrogen and oxygen atoms in total. The summed E-state index contributed by atoms with van der Waals surface area (Å²) >= 11 is 0. The second kappa shape index (κ2) is 11.5. The maximum atomic E-state index is 13.8. The molecule has 192 valence electrons. The Balaban J connectivity index is 2.44. The number of hydrogen-bond donors (Lipinski definition) is 2. The maximum Gasteiger partial charge on any atom is 0.419 e. The number of alkyl halides is 3. The van der Waals surface area contributed by atoms with Gasteiger partial charge in [0.2, 0.25) is 5.75 Å². The number of rotatable bonds is 9. The first-order chi connectivity index (χ1) is 16.3. The largest absolute Gasteiger partial charge is 0.493 e. The second-order valence-electron chi connectivity index (χ2n) is 7.93. The summed E-state index contributed by atoms with van der Waals surface area (Å²) in [5.41, 5.74) is -0.0483. The van der Waals surface area contributed by atoms with Crippen molar-refractivity contribution < 1.29 is 31.9 Å². The number of amidine groups is 1. The normalized spacial score (nSPS) is 13.8. The number of aliphatic imine (C=N–C) groups is 1. The lowest BCUT2D eigenvalue weighted by Crippen LogP contribution is -2.28. The molecule has 0 bridgehead atoms. The van der Waals surface area contributed by atoms with E-state index in [1.165, 1.54) is 40.4 Å². The molecule has 2 aromatic rings. The van der Waals surface area contributed by atoms with E-state index in [0.29, 0.717) is 16.7 Å². The van der Waals surface area contributed by atoms with Crippen LogP contribution in [0.5, 0.6) is 17.2 Å². The number of nitrogens with one attached hydrogen (secondary N) is 2. The third kappa shape index (κ3) is 7.42. The molecule has 0 spiro atoms. The van der Waals surface area contributed by atoms with Crippen molar-refractivity contribution in [1.82, 2.24) is 0 Å². The molecular weight excluding hydrogens is 482 g/mol. The van der Waals surface area contributed by atoms with Crippen molar-refractivity contribution in [2.24, 2.45) is 4.99 Å². The zero-order valence-corrected chi connectivity index (χ0v) is 21.7. The summed E-state index contributed by atoms with van der Waals surface area (Å²) in [6.07, 6.45) is -4.44. The van der Waals surface area contributed by atoms with Crippen molar-refractivity contribution in [3.05, 3.63) is 48.0 Å². The highest BCUT2D eigenvalue weighted by Gasteiger charge is 2.37. The molecule has 0 aliphatic carbocycles. The Kier molecular flexibility index (Phi) is 9.26. The van der Waals surface area contributed by atoms with Crippen LogP contribution in [0.4, 0.5) is 24.5 Å². The van der Waals surface area contributed by atoms with Crippen LogP contribution in [0.2, 0.25) is 0 Å². The van der Waals surface area contributed by atoms with Gasteiger partial charge in [0.25, 0.3) is 0 Å². The molecule has 0 saturated heterocycles. The monoisotopic (exact) mass is 513 g/mol. The van der Waals surface area contributed by atoms with E-state index in [2.05, 4.69) is 15.6 Å². The van der Waals surface area contributed by atoms with Crippen LogP contribution in [-0.4, -0.2) is 52.8 Å². The van der Waals surface area contributed by atoms with E-state index in [-0.39, 0.29) is 17.2 Å². The molecule has 1 atom stereocenters. The van der Waals surface area contributed by atoms with Crippen molar-refractivity contribution in [3.63, 3.8) is 0 Å². The number of ether oxygens (including phenoxy) is 3. The zero-order valence-electron chi connectivity index (χ0n) is 20.8. The average Bonchev–Trinajstić information content (AvgIpc) is 2.77. The van der Waals surface area contributed by atoms with Crippen LogP contribution in [0.15, 0.2) is 53.0 Å². The summed E-state index contributed by atoms with van der Waals surface area (Å²) in [6.45, 7) is 6.25. The van der Waals surface area contributed by atoms with Crippen LogP contribution in [-0.2, 0) is 4.57 Å². The summed E-state index contributed by atoms with van der Waals surface area (Å²) in [5, 5.41) is 6.51. The third-order valence-electron chi connectivity index (χ3n) is 4.96. The highest BCUT2D eigenvalue weighted by molar-refractivity contribution is 7.70. The SMILES string of the molecule is C/C=C(\C(=N/C(C)Nc1ccc(P(C)(C)=O)cc1)Nc1cc(OC)c(OC)c(OC)c1)C(F)(F)F. The lowest BCUT2D eigenvalue weighted by Gasteiger charge is -2.20. The number of nitrogens with zero attached hydrogens (tertiary/aromatic N) is 1. The Morgan fingerprint density at radius 3 is 1.94 bits per heavy atom. The Morgan fingerprint density at radius 2 is 1.54 bits per heavy atom. The van der Waals surface area contributed by atoms with Crippen molar-refractivity contribution in [3.8, 4) is 17.2 Å². The molecule has 0 aliphatic rings.